The van der Waals surface area contributed by atoms with Crippen molar-refractivity contribution in [1.29, 1.82) is 0 Å². The van der Waals surface area contributed by atoms with E-state index in [1.54, 1.807) is 24.3 Å². The smallest absolute Gasteiger partial charge is 0.337 e. The summed E-state index contributed by atoms with van der Waals surface area (Å²) in [4.78, 5) is 37.9. The number of hydrogen-bond acceptors (Lipinski definition) is 4. The molecule has 1 saturated carbocycles. The molecule has 2 fully saturated rings. The van der Waals surface area contributed by atoms with Crippen molar-refractivity contribution in [1.82, 2.24) is 4.90 Å². The van der Waals surface area contributed by atoms with Crippen molar-refractivity contribution >= 4 is 23.5 Å². The molecule has 1 aromatic carbocycles. The predicted molar refractivity (Wildman–Crippen MR) is 83.8 cm³/mol. The largest absolute Gasteiger partial charge is 0.465 e. The predicted octanol–water partition coefficient (Wildman–Crippen LogP) is 1.67. The molecule has 6 nitrogen and oxygen atoms in total. The van der Waals surface area contributed by atoms with Crippen LogP contribution in [-0.4, -0.2) is 42.9 Å². The van der Waals surface area contributed by atoms with Gasteiger partial charge in [0, 0.05) is 18.8 Å². The first-order valence-electron chi connectivity index (χ1n) is 7.88. The Morgan fingerprint density at radius 3 is 2.61 bits per heavy atom. The van der Waals surface area contributed by atoms with Gasteiger partial charge >= 0.3 is 5.97 Å². The van der Waals surface area contributed by atoms with Gasteiger partial charge in [0.05, 0.1) is 24.5 Å². The van der Waals surface area contributed by atoms with Crippen LogP contribution in [0.5, 0.6) is 0 Å². The number of likely N-dealkylation sites (tertiary alicyclic amines) is 1. The summed E-state index contributed by atoms with van der Waals surface area (Å²) >= 11 is 0. The molecule has 1 aliphatic carbocycles. The zero-order chi connectivity index (χ0) is 16.4. The first kappa shape index (κ1) is 15.5. The molecule has 2 aliphatic rings. The number of benzene rings is 1. The van der Waals surface area contributed by atoms with Crippen LogP contribution in [0.2, 0.25) is 0 Å². The van der Waals surface area contributed by atoms with Crippen LogP contribution in [-0.2, 0) is 14.3 Å². The van der Waals surface area contributed by atoms with E-state index in [0.29, 0.717) is 17.7 Å². The Labute approximate surface area is 134 Å². The number of carbonyl (C=O) groups excluding carboxylic acids is 3. The molecule has 3 rings (SSSR count). The molecular formula is C17H20N2O4. The van der Waals surface area contributed by atoms with Crippen molar-refractivity contribution in [3.05, 3.63) is 29.8 Å². The molecule has 122 valence electrons. The molecule has 0 radical (unpaired) electrons. The zero-order valence-corrected chi connectivity index (χ0v) is 13.1. The molecule has 1 aliphatic heterocycles. The van der Waals surface area contributed by atoms with Gasteiger partial charge in [-0.3, -0.25) is 9.59 Å². The number of carbonyl (C=O) groups is 3. The third kappa shape index (κ3) is 3.36. The number of nitrogens with one attached hydrogen (secondary N) is 1. The summed E-state index contributed by atoms with van der Waals surface area (Å²) in [6.45, 7) is 1.62. The number of esters is 1. The van der Waals surface area contributed by atoms with E-state index >= 15 is 0 Å². The maximum Gasteiger partial charge on any atom is 0.337 e. The molecule has 0 aromatic heterocycles. The Balaban J connectivity index is 1.58. The maximum atomic E-state index is 12.3. The number of nitrogens with zero attached hydrogens (tertiary/aromatic N) is 1. The highest BCUT2D eigenvalue weighted by Gasteiger charge is 2.49. The summed E-state index contributed by atoms with van der Waals surface area (Å²) in [5.41, 5.74) is 0.919. The summed E-state index contributed by atoms with van der Waals surface area (Å²) in [6.07, 6.45) is 2.71. The van der Waals surface area contributed by atoms with Crippen molar-refractivity contribution in [2.24, 2.45) is 11.8 Å². The van der Waals surface area contributed by atoms with Gasteiger partial charge in [0.25, 0.3) is 0 Å². The first-order chi connectivity index (χ1) is 11.1. The van der Waals surface area contributed by atoms with E-state index in [1.165, 1.54) is 7.11 Å². The SMILES string of the molecule is COC(=O)c1cccc(NC(=O)C2CC2C(=O)N2CCCC2)c1. The van der Waals surface area contributed by atoms with Crippen LogP contribution in [0.15, 0.2) is 24.3 Å². The summed E-state index contributed by atoms with van der Waals surface area (Å²) < 4.78 is 4.66. The Kier molecular flexibility index (Phi) is 4.32. The number of amides is 2. The van der Waals surface area contributed by atoms with Gasteiger partial charge in [0.15, 0.2) is 0 Å². The van der Waals surface area contributed by atoms with E-state index in [-0.39, 0.29) is 23.7 Å². The van der Waals surface area contributed by atoms with Crippen molar-refractivity contribution < 1.29 is 19.1 Å². The molecule has 1 aromatic rings. The molecule has 2 atom stereocenters. The lowest BCUT2D eigenvalue weighted by molar-refractivity contribution is -0.133. The molecule has 1 saturated heterocycles. The van der Waals surface area contributed by atoms with E-state index in [1.807, 2.05) is 4.90 Å². The van der Waals surface area contributed by atoms with Gasteiger partial charge in [-0.05, 0) is 37.5 Å². The molecule has 23 heavy (non-hydrogen) atoms. The Morgan fingerprint density at radius 2 is 1.91 bits per heavy atom. The topological polar surface area (TPSA) is 75.7 Å². The molecule has 1 N–H and O–H groups in total. The average Bonchev–Trinajstić information content (AvgIpc) is 3.19. The van der Waals surface area contributed by atoms with E-state index < -0.39 is 5.97 Å². The van der Waals surface area contributed by atoms with E-state index in [4.69, 9.17) is 0 Å². The second-order valence-corrected chi connectivity index (χ2v) is 6.04. The maximum absolute atomic E-state index is 12.3. The fourth-order valence-corrected chi connectivity index (χ4v) is 3.01. The van der Waals surface area contributed by atoms with Gasteiger partial charge in [0.1, 0.15) is 0 Å². The lowest BCUT2D eigenvalue weighted by Crippen LogP contribution is -2.30. The minimum absolute atomic E-state index is 0.103. The fourth-order valence-electron chi connectivity index (χ4n) is 3.01. The molecule has 2 unspecified atom stereocenters. The standard InChI is InChI=1S/C17H20N2O4/c1-23-17(22)11-5-4-6-12(9-11)18-15(20)13-10-14(13)16(21)19-7-2-3-8-19/h4-6,9,13-14H,2-3,7-8,10H2,1H3,(H,18,20). The molecule has 2 amide bonds. The van der Waals surface area contributed by atoms with Crippen LogP contribution in [0, 0.1) is 11.8 Å². The average molecular weight is 316 g/mol. The summed E-state index contributed by atoms with van der Waals surface area (Å²) in [5.74, 6) is -0.952. The van der Waals surface area contributed by atoms with Gasteiger partial charge in [-0.2, -0.15) is 0 Å². The number of ether oxygens (including phenoxy) is 1. The van der Waals surface area contributed by atoms with E-state index in [0.717, 1.165) is 25.9 Å². The quantitative estimate of drug-likeness (QED) is 0.857. The Hall–Kier alpha value is -2.37. The van der Waals surface area contributed by atoms with Gasteiger partial charge in [-0.15, -0.1) is 0 Å². The second kappa shape index (κ2) is 6.40. The number of methoxy groups -OCH3 is 1. The van der Waals surface area contributed by atoms with Crippen LogP contribution in [0.4, 0.5) is 5.69 Å². The highest BCUT2D eigenvalue weighted by molar-refractivity contribution is 6.00. The first-order valence-corrected chi connectivity index (χ1v) is 7.88. The normalized spacial score (nSPS) is 22.6. The lowest BCUT2D eigenvalue weighted by Gasteiger charge is -2.14. The van der Waals surface area contributed by atoms with Gasteiger partial charge < -0.3 is 15.0 Å². The van der Waals surface area contributed by atoms with Gasteiger partial charge in [0.2, 0.25) is 11.8 Å². The minimum atomic E-state index is -0.449. The Morgan fingerprint density at radius 1 is 1.17 bits per heavy atom. The summed E-state index contributed by atoms with van der Waals surface area (Å²) in [6, 6.07) is 6.59. The van der Waals surface area contributed by atoms with Crippen LogP contribution in [0.1, 0.15) is 29.6 Å². The van der Waals surface area contributed by atoms with Crippen molar-refractivity contribution in [3.8, 4) is 0 Å². The zero-order valence-electron chi connectivity index (χ0n) is 13.1. The molecule has 1 heterocycles. The molecule has 0 spiro atoms. The van der Waals surface area contributed by atoms with Crippen molar-refractivity contribution in [3.63, 3.8) is 0 Å². The molecule has 0 bridgehead atoms. The van der Waals surface area contributed by atoms with Gasteiger partial charge in [-0.25, -0.2) is 4.79 Å². The highest BCUT2D eigenvalue weighted by Crippen LogP contribution is 2.41. The monoisotopic (exact) mass is 316 g/mol. The van der Waals surface area contributed by atoms with Crippen LogP contribution < -0.4 is 5.32 Å². The molecular weight excluding hydrogens is 296 g/mol. The highest BCUT2D eigenvalue weighted by atomic mass is 16.5. The third-order valence-corrected chi connectivity index (χ3v) is 4.41. The number of rotatable bonds is 4. The van der Waals surface area contributed by atoms with Crippen molar-refractivity contribution in [2.45, 2.75) is 19.3 Å². The number of anilines is 1. The fraction of sp³-hybridized carbons (Fsp3) is 0.471. The third-order valence-electron chi connectivity index (χ3n) is 4.41. The van der Waals surface area contributed by atoms with E-state index in [2.05, 4.69) is 10.1 Å². The molecule has 6 heteroatoms. The minimum Gasteiger partial charge on any atom is -0.465 e. The number of hydrogen-bond donors (Lipinski definition) is 1. The van der Waals surface area contributed by atoms with Crippen LogP contribution >= 0.6 is 0 Å². The summed E-state index contributed by atoms with van der Waals surface area (Å²) in [5, 5.41) is 2.78. The van der Waals surface area contributed by atoms with Crippen LogP contribution in [0.25, 0.3) is 0 Å². The van der Waals surface area contributed by atoms with Crippen molar-refractivity contribution in [2.75, 3.05) is 25.5 Å². The van der Waals surface area contributed by atoms with Gasteiger partial charge in [-0.1, -0.05) is 6.07 Å². The Bertz CT molecular complexity index is 637. The van der Waals surface area contributed by atoms with E-state index in [9.17, 15) is 14.4 Å². The lowest BCUT2D eigenvalue weighted by atomic mass is 10.2. The summed E-state index contributed by atoms with van der Waals surface area (Å²) in [7, 11) is 1.31. The van der Waals surface area contributed by atoms with Crippen LogP contribution in [0.3, 0.4) is 0 Å². The second-order valence-electron chi connectivity index (χ2n) is 6.04.